The summed E-state index contributed by atoms with van der Waals surface area (Å²) in [6.45, 7) is 11.1. The number of fused-ring (bicyclic) bond motifs is 3. The first-order valence-corrected chi connectivity index (χ1v) is 9.60. The van der Waals surface area contributed by atoms with Crippen LogP contribution in [0.2, 0.25) is 0 Å². The number of likely N-dealkylation sites (tertiary alicyclic amines) is 1. The van der Waals surface area contributed by atoms with Gasteiger partial charge in [-0.2, -0.15) is 5.10 Å². The van der Waals surface area contributed by atoms with Gasteiger partial charge in [0.25, 0.3) is 0 Å². The summed E-state index contributed by atoms with van der Waals surface area (Å²) in [7, 11) is 0. The third-order valence-corrected chi connectivity index (χ3v) is 6.17. The Morgan fingerprint density at radius 3 is 2.75 bits per heavy atom. The monoisotopic (exact) mass is 343 g/mol. The van der Waals surface area contributed by atoms with Gasteiger partial charge in [-0.25, -0.2) is 4.98 Å². The Hall–Kier alpha value is -1.66. The first kappa shape index (κ1) is 15.8. The van der Waals surface area contributed by atoms with E-state index in [1.54, 1.807) is 11.3 Å². The maximum atomic E-state index is 4.70. The van der Waals surface area contributed by atoms with E-state index in [-0.39, 0.29) is 0 Å². The molecule has 1 fully saturated rings. The molecule has 2 N–H and O–H groups in total. The summed E-state index contributed by atoms with van der Waals surface area (Å²) in [4.78, 5) is 8.35. The summed E-state index contributed by atoms with van der Waals surface area (Å²) in [6, 6.07) is 3.29. The normalized spacial score (nSPS) is 17.4. The number of rotatable bonds is 3. The van der Waals surface area contributed by atoms with Gasteiger partial charge in [-0.3, -0.25) is 5.10 Å². The summed E-state index contributed by atoms with van der Waals surface area (Å²) in [5.41, 5.74) is 3.47. The summed E-state index contributed by atoms with van der Waals surface area (Å²) in [5.74, 6) is 0.994. The van der Waals surface area contributed by atoms with Crippen LogP contribution in [0.5, 0.6) is 0 Å². The molecule has 24 heavy (non-hydrogen) atoms. The fraction of sp³-hybridized carbons (Fsp3) is 0.556. The van der Waals surface area contributed by atoms with E-state index in [1.807, 2.05) is 0 Å². The van der Waals surface area contributed by atoms with Gasteiger partial charge in [-0.15, -0.1) is 11.3 Å². The van der Waals surface area contributed by atoms with Crippen LogP contribution in [0, 0.1) is 13.8 Å². The summed E-state index contributed by atoms with van der Waals surface area (Å²) in [5, 5.41) is 12.7. The molecule has 4 rings (SSSR count). The minimum atomic E-state index is 0.507. The molecule has 128 valence electrons. The zero-order valence-electron chi connectivity index (χ0n) is 14.8. The van der Waals surface area contributed by atoms with Crippen LogP contribution in [0.25, 0.3) is 20.4 Å². The van der Waals surface area contributed by atoms with E-state index < -0.39 is 0 Å². The van der Waals surface area contributed by atoms with Gasteiger partial charge in [0, 0.05) is 36.3 Å². The molecule has 1 aliphatic rings. The number of nitrogens with zero attached hydrogens (tertiary/aromatic N) is 3. The van der Waals surface area contributed by atoms with Crippen LogP contribution in [-0.2, 0) is 0 Å². The Morgan fingerprint density at radius 1 is 1.29 bits per heavy atom. The Labute approximate surface area is 146 Å². The highest BCUT2D eigenvalue weighted by molar-refractivity contribution is 7.26. The highest BCUT2D eigenvalue weighted by Gasteiger charge is 2.23. The minimum absolute atomic E-state index is 0.507. The number of piperidine rings is 1. The second-order valence-electron chi connectivity index (χ2n) is 7.19. The molecule has 0 spiro atoms. The zero-order valence-corrected chi connectivity index (χ0v) is 15.6. The van der Waals surface area contributed by atoms with E-state index in [0.717, 1.165) is 34.9 Å². The van der Waals surface area contributed by atoms with Gasteiger partial charge in [0.2, 0.25) is 0 Å². The molecule has 0 radical (unpaired) electrons. The van der Waals surface area contributed by atoms with Crippen LogP contribution in [0.4, 0.5) is 5.82 Å². The molecule has 1 aliphatic heterocycles. The largest absolute Gasteiger partial charge is 0.365 e. The van der Waals surface area contributed by atoms with Crippen molar-refractivity contribution < 1.29 is 0 Å². The number of hydrogen-bond acceptors (Lipinski definition) is 5. The lowest BCUT2D eigenvalue weighted by Crippen LogP contribution is -2.42. The SMILES string of the molecule is Cc1cc(C)c2c(n1)sc1c(NC3CCN(C(C)C)CC3)n[nH]c12. The predicted molar refractivity (Wildman–Crippen MR) is 102 cm³/mol. The van der Waals surface area contributed by atoms with Crippen molar-refractivity contribution in [2.75, 3.05) is 18.4 Å². The average molecular weight is 344 g/mol. The summed E-state index contributed by atoms with van der Waals surface area (Å²) < 4.78 is 1.21. The van der Waals surface area contributed by atoms with Gasteiger partial charge >= 0.3 is 0 Å². The van der Waals surface area contributed by atoms with Gasteiger partial charge in [0.1, 0.15) is 4.83 Å². The zero-order chi connectivity index (χ0) is 16.8. The molecule has 0 unspecified atom stereocenters. The number of thiophene rings is 1. The molecule has 3 aromatic rings. The van der Waals surface area contributed by atoms with Gasteiger partial charge in [-0.05, 0) is 52.2 Å². The molecule has 0 bridgehead atoms. The smallest absolute Gasteiger partial charge is 0.166 e. The van der Waals surface area contributed by atoms with E-state index >= 15 is 0 Å². The number of H-pyrrole nitrogens is 1. The number of nitrogens with one attached hydrogen (secondary N) is 2. The van der Waals surface area contributed by atoms with E-state index in [0.29, 0.717) is 12.1 Å². The summed E-state index contributed by atoms with van der Waals surface area (Å²) >= 11 is 1.74. The van der Waals surface area contributed by atoms with Gasteiger partial charge in [0.05, 0.1) is 10.2 Å². The fourth-order valence-electron chi connectivity index (χ4n) is 3.73. The quantitative estimate of drug-likeness (QED) is 0.752. The molecule has 0 saturated carbocycles. The Bertz CT molecular complexity index is 870. The van der Waals surface area contributed by atoms with Crippen molar-refractivity contribution in [1.29, 1.82) is 0 Å². The Balaban J connectivity index is 1.61. The minimum Gasteiger partial charge on any atom is -0.365 e. The van der Waals surface area contributed by atoms with Crippen molar-refractivity contribution in [2.45, 2.75) is 52.6 Å². The number of anilines is 1. The fourth-order valence-corrected chi connectivity index (χ4v) is 4.93. The highest BCUT2D eigenvalue weighted by Crippen LogP contribution is 2.38. The maximum Gasteiger partial charge on any atom is 0.166 e. The van der Waals surface area contributed by atoms with Crippen LogP contribution in [0.1, 0.15) is 37.9 Å². The van der Waals surface area contributed by atoms with Gasteiger partial charge in [-0.1, -0.05) is 0 Å². The lowest BCUT2D eigenvalue weighted by molar-refractivity contribution is 0.177. The predicted octanol–water partition coefficient (Wildman–Crippen LogP) is 4.07. The highest BCUT2D eigenvalue weighted by atomic mass is 32.1. The standard InChI is InChI=1S/C18H25N5S/c1-10(2)23-7-5-13(6-8-23)20-17-16-15(21-22-17)14-11(3)9-12(4)19-18(14)24-16/h9-10,13H,5-8H2,1-4H3,(H2,20,21,22). The van der Waals surface area contributed by atoms with Crippen LogP contribution in [-0.4, -0.2) is 45.3 Å². The van der Waals surface area contributed by atoms with Crippen molar-refractivity contribution in [2.24, 2.45) is 0 Å². The molecule has 5 nitrogen and oxygen atoms in total. The maximum absolute atomic E-state index is 4.70. The van der Waals surface area contributed by atoms with Crippen molar-refractivity contribution in [1.82, 2.24) is 20.1 Å². The molecule has 0 atom stereocenters. The molecular formula is C18H25N5S. The molecule has 6 heteroatoms. The Kier molecular flexibility index (Phi) is 3.96. The third kappa shape index (κ3) is 2.67. The number of aryl methyl sites for hydroxylation is 2. The van der Waals surface area contributed by atoms with E-state index in [9.17, 15) is 0 Å². The lowest BCUT2D eigenvalue weighted by atomic mass is 10.0. The lowest BCUT2D eigenvalue weighted by Gasteiger charge is -2.34. The molecule has 3 aromatic heterocycles. The number of hydrogen-bond donors (Lipinski definition) is 2. The first-order valence-electron chi connectivity index (χ1n) is 8.78. The molecule has 0 amide bonds. The van der Waals surface area contributed by atoms with Crippen molar-refractivity contribution >= 4 is 37.6 Å². The molecular weight excluding hydrogens is 318 g/mol. The number of aromatic nitrogens is 3. The number of aromatic amines is 1. The molecule has 0 aromatic carbocycles. The third-order valence-electron chi connectivity index (χ3n) is 5.08. The molecule has 1 saturated heterocycles. The van der Waals surface area contributed by atoms with Gasteiger partial charge in [0.15, 0.2) is 5.82 Å². The second-order valence-corrected chi connectivity index (χ2v) is 8.19. The van der Waals surface area contributed by atoms with Crippen LogP contribution in [0.3, 0.4) is 0 Å². The first-order chi connectivity index (χ1) is 11.5. The summed E-state index contributed by atoms with van der Waals surface area (Å²) in [6.07, 6.45) is 2.35. The second kappa shape index (κ2) is 6.01. The topological polar surface area (TPSA) is 56.8 Å². The average Bonchev–Trinajstić information content (AvgIpc) is 3.07. The van der Waals surface area contributed by atoms with Gasteiger partial charge < -0.3 is 10.2 Å². The van der Waals surface area contributed by atoms with E-state index in [2.05, 4.69) is 54.2 Å². The van der Waals surface area contributed by atoms with Crippen molar-refractivity contribution in [3.63, 3.8) is 0 Å². The van der Waals surface area contributed by atoms with E-state index in [4.69, 9.17) is 4.98 Å². The van der Waals surface area contributed by atoms with Crippen molar-refractivity contribution in [3.05, 3.63) is 17.3 Å². The molecule has 4 heterocycles. The van der Waals surface area contributed by atoms with Crippen LogP contribution < -0.4 is 5.32 Å². The van der Waals surface area contributed by atoms with Crippen molar-refractivity contribution in [3.8, 4) is 0 Å². The van der Waals surface area contributed by atoms with Crippen LogP contribution >= 0.6 is 11.3 Å². The molecule has 0 aliphatic carbocycles. The Morgan fingerprint density at radius 2 is 2.04 bits per heavy atom. The van der Waals surface area contributed by atoms with Crippen LogP contribution in [0.15, 0.2) is 6.07 Å². The number of pyridine rings is 1. The van der Waals surface area contributed by atoms with E-state index in [1.165, 1.54) is 28.5 Å².